The molecule has 0 atom stereocenters. The van der Waals surface area contributed by atoms with E-state index in [-0.39, 0.29) is 22.9 Å². The molecule has 41 heavy (non-hydrogen) atoms. The highest BCUT2D eigenvalue weighted by molar-refractivity contribution is 8.93. The number of carbonyl (C=O) groups is 1. The van der Waals surface area contributed by atoms with Crippen LogP contribution in [0.25, 0.3) is 0 Å². The zero-order chi connectivity index (χ0) is 28.4. The number of ether oxygens (including phenoxy) is 1. The molecule has 228 valence electrons. The lowest BCUT2D eigenvalue weighted by Gasteiger charge is -2.24. The molecule has 0 radical (unpaired) electrons. The molecule has 4 nitrogen and oxygen atoms in total. The second-order valence-electron chi connectivity index (χ2n) is 10.8. The van der Waals surface area contributed by atoms with E-state index in [1.165, 1.54) is 76.2 Å². The van der Waals surface area contributed by atoms with Crippen LogP contribution in [0.3, 0.4) is 0 Å². The minimum Gasteiger partial charge on any atom is -0.492 e. The SMILES string of the molecule is Br.CCCCCCCCCCCCCCOc1cc(CN(C(=O)CC)c2ccc(CN3C=CSC3)cc2)ccc1Cl. The van der Waals surface area contributed by atoms with Crippen LogP contribution in [-0.2, 0) is 17.9 Å². The van der Waals surface area contributed by atoms with E-state index >= 15 is 0 Å². The van der Waals surface area contributed by atoms with Crippen molar-refractivity contribution >= 4 is 51.9 Å². The summed E-state index contributed by atoms with van der Waals surface area (Å²) in [5, 5.41) is 2.74. The number of amides is 1. The molecular weight excluding hydrogens is 616 g/mol. The van der Waals surface area contributed by atoms with Gasteiger partial charge in [0.15, 0.2) is 0 Å². The van der Waals surface area contributed by atoms with Crippen molar-refractivity contribution in [3.05, 3.63) is 70.2 Å². The third-order valence-electron chi connectivity index (χ3n) is 7.44. The summed E-state index contributed by atoms with van der Waals surface area (Å²) in [5.41, 5.74) is 3.16. The number of anilines is 1. The Balaban J connectivity index is 0.00000588. The van der Waals surface area contributed by atoms with Gasteiger partial charge in [-0.05, 0) is 47.2 Å². The Morgan fingerprint density at radius 3 is 2.07 bits per heavy atom. The quantitative estimate of drug-likeness (QED) is 0.132. The van der Waals surface area contributed by atoms with Crippen LogP contribution in [0.5, 0.6) is 5.75 Å². The third kappa shape index (κ3) is 13.5. The van der Waals surface area contributed by atoms with E-state index in [0.717, 1.165) is 30.1 Å². The molecule has 2 aromatic carbocycles. The molecule has 7 heteroatoms. The van der Waals surface area contributed by atoms with E-state index in [1.807, 2.05) is 30.0 Å². The smallest absolute Gasteiger partial charge is 0.227 e. The average molecular weight is 666 g/mol. The molecule has 1 aliphatic heterocycles. The third-order valence-corrected chi connectivity index (χ3v) is 8.54. The molecule has 0 N–H and O–H groups in total. The van der Waals surface area contributed by atoms with Crippen LogP contribution in [0.4, 0.5) is 5.69 Å². The van der Waals surface area contributed by atoms with Gasteiger partial charge in [0, 0.05) is 24.9 Å². The molecule has 0 saturated heterocycles. The van der Waals surface area contributed by atoms with Gasteiger partial charge in [-0.25, -0.2) is 0 Å². The molecule has 0 unspecified atom stereocenters. The van der Waals surface area contributed by atoms with E-state index < -0.39 is 0 Å². The maximum Gasteiger partial charge on any atom is 0.227 e. The minimum atomic E-state index is 0. The Hall–Kier alpha value is -1.63. The maximum atomic E-state index is 12.9. The van der Waals surface area contributed by atoms with Crippen LogP contribution in [0, 0.1) is 0 Å². The van der Waals surface area contributed by atoms with Gasteiger partial charge in [-0.15, -0.1) is 28.7 Å². The van der Waals surface area contributed by atoms with Gasteiger partial charge >= 0.3 is 0 Å². The van der Waals surface area contributed by atoms with Gasteiger partial charge in [-0.1, -0.05) is 114 Å². The number of carbonyl (C=O) groups excluding carboxylic acids is 1. The number of unbranched alkanes of at least 4 members (excludes halogenated alkanes) is 11. The minimum absolute atomic E-state index is 0. The number of rotatable bonds is 20. The summed E-state index contributed by atoms with van der Waals surface area (Å²) >= 11 is 8.27. The van der Waals surface area contributed by atoms with E-state index in [4.69, 9.17) is 16.3 Å². The Kier molecular flexibility index (Phi) is 18.3. The first-order valence-corrected chi connectivity index (χ1v) is 16.9. The zero-order valence-corrected chi connectivity index (χ0v) is 28.4. The number of benzene rings is 2. The van der Waals surface area contributed by atoms with Crippen molar-refractivity contribution in [2.75, 3.05) is 17.4 Å². The second-order valence-corrected chi connectivity index (χ2v) is 12.1. The number of halogens is 2. The Morgan fingerprint density at radius 2 is 1.49 bits per heavy atom. The Labute approximate surface area is 269 Å². The summed E-state index contributed by atoms with van der Waals surface area (Å²) in [6.07, 6.45) is 18.5. The van der Waals surface area contributed by atoms with Crippen molar-refractivity contribution < 1.29 is 9.53 Å². The molecule has 1 amide bonds. The van der Waals surface area contributed by atoms with Crippen molar-refractivity contribution in [1.82, 2.24) is 4.90 Å². The van der Waals surface area contributed by atoms with Gasteiger partial charge < -0.3 is 14.5 Å². The lowest BCUT2D eigenvalue weighted by molar-refractivity contribution is -0.118. The average Bonchev–Trinajstić information content (AvgIpc) is 3.49. The standard InChI is InChI=1S/C34H49ClN2O2S.BrH/c1-3-5-6-7-8-9-10-11-12-13-14-15-23-39-33-25-30(18-21-32(33)35)27-37(34(38)4-2)31-19-16-29(17-20-31)26-36-22-24-40-28-36;/h16-22,24-25H,3-15,23,26-28H2,1-2H3;1H. The molecule has 1 heterocycles. The van der Waals surface area contributed by atoms with Gasteiger partial charge in [0.1, 0.15) is 5.75 Å². The summed E-state index contributed by atoms with van der Waals surface area (Å²) in [7, 11) is 0. The summed E-state index contributed by atoms with van der Waals surface area (Å²) < 4.78 is 6.08. The first-order valence-electron chi connectivity index (χ1n) is 15.4. The number of nitrogens with zero attached hydrogens (tertiary/aromatic N) is 2. The number of hydrogen-bond donors (Lipinski definition) is 0. The first kappa shape index (κ1) is 35.6. The largest absolute Gasteiger partial charge is 0.492 e. The highest BCUT2D eigenvalue weighted by Crippen LogP contribution is 2.28. The monoisotopic (exact) mass is 664 g/mol. The fourth-order valence-corrected chi connectivity index (χ4v) is 5.89. The second kappa shape index (κ2) is 21.1. The predicted molar refractivity (Wildman–Crippen MR) is 183 cm³/mol. The number of hydrogen-bond acceptors (Lipinski definition) is 4. The predicted octanol–water partition coefficient (Wildman–Crippen LogP) is 10.9. The molecule has 0 spiro atoms. The first-order chi connectivity index (χ1) is 19.6. The summed E-state index contributed by atoms with van der Waals surface area (Å²) in [6.45, 7) is 6.22. The maximum absolute atomic E-state index is 12.9. The van der Waals surface area contributed by atoms with Crippen molar-refractivity contribution in [3.8, 4) is 5.75 Å². The van der Waals surface area contributed by atoms with Crippen molar-refractivity contribution in [1.29, 1.82) is 0 Å². The Morgan fingerprint density at radius 1 is 0.878 bits per heavy atom. The van der Waals surface area contributed by atoms with Crippen LogP contribution in [0.2, 0.25) is 5.02 Å². The van der Waals surface area contributed by atoms with Gasteiger partial charge in [-0.3, -0.25) is 4.79 Å². The number of thioether (sulfide) groups is 1. The normalized spacial score (nSPS) is 12.4. The Bertz CT molecular complexity index is 1030. The van der Waals surface area contributed by atoms with Crippen LogP contribution in [-0.4, -0.2) is 23.3 Å². The summed E-state index contributed by atoms with van der Waals surface area (Å²) in [5.74, 6) is 1.79. The van der Waals surface area contributed by atoms with Crippen molar-refractivity contribution in [3.63, 3.8) is 0 Å². The van der Waals surface area contributed by atoms with Gasteiger partial charge in [-0.2, -0.15) is 0 Å². The van der Waals surface area contributed by atoms with Crippen LogP contribution < -0.4 is 9.64 Å². The van der Waals surface area contributed by atoms with Crippen LogP contribution in [0.1, 0.15) is 108 Å². The molecule has 3 rings (SSSR count). The highest BCUT2D eigenvalue weighted by atomic mass is 79.9. The highest BCUT2D eigenvalue weighted by Gasteiger charge is 2.16. The van der Waals surface area contributed by atoms with Gasteiger partial charge in [0.05, 0.1) is 24.1 Å². The van der Waals surface area contributed by atoms with E-state index in [0.29, 0.717) is 30.3 Å². The fourth-order valence-electron chi connectivity index (χ4n) is 5.00. The molecule has 0 aliphatic carbocycles. The topological polar surface area (TPSA) is 32.8 Å². The molecule has 2 aromatic rings. The summed E-state index contributed by atoms with van der Waals surface area (Å²) in [6, 6.07) is 14.2. The van der Waals surface area contributed by atoms with Gasteiger partial charge in [0.25, 0.3) is 0 Å². The van der Waals surface area contributed by atoms with E-state index in [2.05, 4.69) is 47.7 Å². The lowest BCUT2D eigenvalue weighted by Crippen LogP contribution is -2.29. The molecular formula is C34H50BrClN2O2S. The van der Waals surface area contributed by atoms with Crippen molar-refractivity contribution in [2.45, 2.75) is 110 Å². The summed E-state index contributed by atoms with van der Waals surface area (Å²) in [4.78, 5) is 17.0. The zero-order valence-electron chi connectivity index (χ0n) is 25.1. The molecule has 1 aliphatic rings. The molecule has 0 aromatic heterocycles. The van der Waals surface area contributed by atoms with Gasteiger partial charge in [0.2, 0.25) is 5.91 Å². The molecule has 0 fully saturated rings. The van der Waals surface area contributed by atoms with Crippen molar-refractivity contribution in [2.24, 2.45) is 0 Å². The van der Waals surface area contributed by atoms with E-state index in [1.54, 1.807) is 11.8 Å². The van der Waals surface area contributed by atoms with Crippen LogP contribution in [0.15, 0.2) is 54.1 Å². The fraction of sp³-hybridized carbons (Fsp3) is 0.559. The molecule has 0 saturated carbocycles. The molecule has 0 bridgehead atoms. The van der Waals surface area contributed by atoms with Crippen LogP contribution >= 0.6 is 40.3 Å². The van der Waals surface area contributed by atoms with E-state index in [9.17, 15) is 4.79 Å². The lowest BCUT2D eigenvalue weighted by atomic mass is 10.1.